The van der Waals surface area contributed by atoms with Crippen LogP contribution in [0.15, 0.2) is 59.5 Å². The molecule has 7 nitrogen and oxygen atoms in total. The molecule has 2 aliphatic rings. The van der Waals surface area contributed by atoms with Crippen molar-refractivity contribution in [1.29, 1.82) is 0 Å². The average Bonchev–Trinajstić information content (AvgIpc) is 3.46. The van der Waals surface area contributed by atoms with Crippen molar-refractivity contribution < 1.29 is 22.7 Å². The summed E-state index contributed by atoms with van der Waals surface area (Å²) in [5.74, 6) is -0.923. The maximum absolute atomic E-state index is 13.0. The third-order valence-corrected chi connectivity index (χ3v) is 7.62. The van der Waals surface area contributed by atoms with Crippen LogP contribution in [0.4, 0.5) is 5.69 Å². The molecule has 0 saturated heterocycles. The molecule has 0 radical (unpaired) electrons. The first kappa shape index (κ1) is 22.1. The Labute approximate surface area is 188 Å². The van der Waals surface area contributed by atoms with Gasteiger partial charge < -0.3 is 10.1 Å². The van der Waals surface area contributed by atoms with Crippen LogP contribution in [0.5, 0.6) is 0 Å². The third-order valence-electron chi connectivity index (χ3n) is 5.79. The second-order valence-electron chi connectivity index (χ2n) is 8.01. The SMILES string of the molecule is O=C(COC(=O)/C=C/c1ccc(S(=O)(=O)N2CCc3ccccc32)cc1)NC1CCCC1. The highest BCUT2D eigenvalue weighted by Gasteiger charge is 2.30. The number of hydrogen-bond acceptors (Lipinski definition) is 5. The Morgan fingerprint density at radius 2 is 1.78 bits per heavy atom. The van der Waals surface area contributed by atoms with Crippen LogP contribution in [0.3, 0.4) is 0 Å². The van der Waals surface area contributed by atoms with Gasteiger partial charge in [0.15, 0.2) is 6.61 Å². The van der Waals surface area contributed by atoms with E-state index in [4.69, 9.17) is 4.74 Å². The van der Waals surface area contributed by atoms with Crippen molar-refractivity contribution in [1.82, 2.24) is 5.32 Å². The van der Waals surface area contributed by atoms with E-state index in [-0.39, 0.29) is 23.5 Å². The van der Waals surface area contributed by atoms with E-state index in [0.29, 0.717) is 18.5 Å². The van der Waals surface area contributed by atoms with Crippen LogP contribution in [0.1, 0.15) is 36.8 Å². The molecule has 2 aromatic rings. The fourth-order valence-electron chi connectivity index (χ4n) is 4.12. The maximum atomic E-state index is 13.0. The molecule has 1 fully saturated rings. The summed E-state index contributed by atoms with van der Waals surface area (Å²) in [7, 11) is -3.66. The van der Waals surface area contributed by atoms with Crippen LogP contribution in [0.2, 0.25) is 0 Å². The molecule has 0 unspecified atom stereocenters. The van der Waals surface area contributed by atoms with Crippen molar-refractivity contribution in [2.24, 2.45) is 0 Å². The Kier molecular flexibility index (Phi) is 6.60. The standard InChI is InChI=1S/C24H26N2O5S/c27-23(25-20-6-2-3-7-20)17-31-24(28)14-11-18-9-12-21(13-10-18)32(29,30)26-16-15-19-5-1-4-8-22(19)26/h1,4-5,8-14,20H,2-3,6-7,15-17H2,(H,25,27)/b14-11+. The molecule has 168 valence electrons. The number of carbonyl (C=O) groups excluding carboxylic acids is 2. The number of para-hydroxylation sites is 1. The number of anilines is 1. The molecular formula is C24H26N2O5S. The van der Waals surface area contributed by atoms with E-state index in [2.05, 4.69) is 5.32 Å². The van der Waals surface area contributed by atoms with Crippen molar-refractivity contribution in [3.05, 3.63) is 65.7 Å². The Morgan fingerprint density at radius 3 is 2.53 bits per heavy atom. The number of amides is 1. The van der Waals surface area contributed by atoms with Crippen LogP contribution in [-0.4, -0.2) is 39.5 Å². The Hall–Kier alpha value is -3.13. The number of rotatable bonds is 7. The first-order valence-corrected chi connectivity index (χ1v) is 12.2. The lowest BCUT2D eigenvalue weighted by molar-refractivity contribution is -0.144. The van der Waals surface area contributed by atoms with Crippen molar-refractivity contribution in [3.63, 3.8) is 0 Å². The Morgan fingerprint density at radius 1 is 1.06 bits per heavy atom. The van der Waals surface area contributed by atoms with Gasteiger partial charge in [-0.1, -0.05) is 43.2 Å². The number of carbonyl (C=O) groups is 2. The number of benzene rings is 2. The molecule has 0 spiro atoms. The Bertz CT molecular complexity index is 1120. The summed E-state index contributed by atoms with van der Waals surface area (Å²) in [6.45, 7) is 0.109. The average molecular weight is 455 g/mol. The van der Waals surface area contributed by atoms with Crippen LogP contribution >= 0.6 is 0 Å². The molecule has 8 heteroatoms. The van der Waals surface area contributed by atoms with Gasteiger partial charge in [-0.05, 0) is 54.7 Å². The smallest absolute Gasteiger partial charge is 0.331 e. The van der Waals surface area contributed by atoms with Gasteiger partial charge in [-0.25, -0.2) is 13.2 Å². The van der Waals surface area contributed by atoms with E-state index < -0.39 is 16.0 Å². The van der Waals surface area contributed by atoms with Gasteiger partial charge in [0, 0.05) is 18.7 Å². The normalized spacial score (nSPS) is 16.3. The van der Waals surface area contributed by atoms with Crippen LogP contribution in [0, 0.1) is 0 Å². The van der Waals surface area contributed by atoms with Crippen LogP contribution in [-0.2, 0) is 30.8 Å². The highest BCUT2D eigenvalue weighted by molar-refractivity contribution is 7.92. The van der Waals surface area contributed by atoms with Gasteiger partial charge in [0.1, 0.15) is 0 Å². The molecular weight excluding hydrogens is 428 g/mol. The largest absolute Gasteiger partial charge is 0.452 e. The van der Waals surface area contributed by atoms with E-state index >= 15 is 0 Å². The molecule has 0 atom stereocenters. The molecule has 1 N–H and O–H groups in total. The Balaban J connectivity index is 1.33. The fraction of sp³-hybridized carbons (Fsp3) is 0.333. The van der Waals surface area contributed by atoms with Crippen molar-refractivity contribution >= 4 is 33.7 Å². The summed E-state index contributed by atoms with van der Waals surface area (Å²) in [6, 6.07) is 14.0. The molecule has 0 aromatic heterocycles. The number of hydrogen-bond donors (Lipinski definition) is 1. The lowest BCUT2D eigenvalue weighted by Crippen LogP contribution is -2.35. The fourth-order valence-corrected chi connectivity index (χ4v) is 5.63. The third kappa shape index (κ3) is 5.02. The highest BCUT2D eigenvalue weighted by atomic mass is 32.2. The predicted octanol–water partition coefficient (Wildman–Crippen LogP) is 3.05. The van der Waals surface area contributed by atoms with Gasteiger partial charge in [0.05, 0.1) is 10.6 Å². The molecule has 1 saturated carbocycles. The number of sulfonamides is 1. The molecule has 1 aliphatic heterocycles. The second kappa shape index (κ2) is 9.56. The number of nitrogens with one attached hydrogen (secondary N) is 1. The predicted molar refractivity (Wildman–Crippen MR) is 122 cm³/mol. The van der Waals surface area contributed by atoms with E-state index in [1.807, 2.05) is 24.3 Å². The summed E-state index contributed by atoms with van der Waals surface area (Å²) in [6.07, 6.45) is 7.60. The minimum absolute atomic E-state index is 0.181. The quantitative estimate of drug-likeness (QED) is 0.513. The monoisotopic (exact) mass is 454 g/mol. The summed E-state index contributed by atoms with van der Waals surface area (Å²) in [5, 5.41) is 2.86. The number of esters is 1. The van der Waals surface area contributed by atoms with Crippen molar-refractivity contribution in [3.8, 4) is 0 Å². The minimum Gasteiger partial charge on any atom is -0.452 e. The molecule has 2 aromatic carbocycles. The van der Waals surface area contributed by atoms with E-state index in [1.54, 1.807) is 12.1 Å². The zero-order valence-corrected chi connectivity index (χ0v) is 18.5. The van der Waals surface area contributed by atoms with Gasteiger partial charge in [0.2, 0.25) is 0 Å². The van der Waals surface area contributed by atoms with Crippen molar-refractivity contribution in [2.75, 3.05) is 17.5 Å². The molecule has 1 aliphatic carbocycles. The molecule has 32 heavy (non-hydrogen) atoms. The summed E-state index contributed by atoms with van der Waals surface area (Å²) >= 11 is 0. The second-order valence-corrected chi connectivity index (χ2v) is 9.88. The number of nitrogens with zero attached hydrogens (tertiary/aromatic N) is 1. The maximum Gasteiger partial charge on any atom is 0.331 e. The first-order chi connectivity index (χ1) is 15.4. The first-order valence-electron chi connectivity index (χ1n) is 10.8. The lowest BCUT2D eigenvalue weighted by atomic mass is 10.2. The highest BCUT2D eigenvalue weighted by Crippen LogP contribution is 2.32. The minimum atomic E-state index is -3.66. The van der Waals surface area contributed by atoms with E-state index in [1.165, 1.54) is 28.6 Å². The van der Waals surface area contributed by atoms with E-state index in [0.717, 1.165) is 36.9 Å². The zero-order valence-electron chi connectivity index (χ0n) is 17.7. The molecule has 1 heterocycles. The van der Waals surface area contributed by atoms with E-state index in [9.17, 15) is 18.0 Å². The molecule has 0 bridgehead atoms. The van der Waals surface area contributed by atoms with Crippen LogP contribution < -0.4 is 9.62 Å². The summed E-state index contributed by atoms with van der Waals surface area (Å²) in [4.78, 5) is 23.9. The van der Waals surface area contributed by atoms with Crippen LogP contribution in [0.25, 0.3) is 6.08 Å². The number of fused-ring (bicyclic) bond motifs is 1. The van der Waals surface area contributed by atoms with Gasteiger partial charge in [-0.15, -0.1) is 0 Å². The van der Waals surface area contributed by atoms with Gasteiger partial charge in [-0.3, -0.25) is 9.10 Å². The topological polar surface area (TPSA) is 92.8 Å². The lowest BCUT2D eigenvalue weighted by Gasteiger charge is -2.19. The van der Waals surface area contributed by atoms with Gasteiger partial charge >= 0.3 is 5.97 Å². The van der Waals surface area contributed by atoms with Crippen molar-refractivity contribution in [2.45, 2.75) is 43.0 Å². The molecule has 1 amide bonds. The summed E-state index contributed by atoms with van der Waals surface area (Å²) < 4.78 is 32.5. The number of ether oxygens (including phenoxy) is 1. The summed E-state index contributed by atoms with van der Waals surface area (Å²) in [5.41, 5.74) is 2.39. The van der Waals surface area contributed by atoms with Gasteiger partial charge in [0.25, 0.3) is 15.9 Å². The molecule has 4 rings (SSSR count). The van der Waals surface area contributed by atoms with Gasteiger partial charge in [-0.2, -0.15) is 0 Å². The zero-order chi connectivity index (χ0) is 22.6.